The molecule has 6 heteroatoms. The second kappa shape index (κ2) is 5.46. The lowest BCUT2D eigenvalue weighted by Gasteiger charge is -2.06. The fourth-order valence-corrected chi connectivity index (χ4v) is 2.61. The van der Waals surface area contributed by atoms with Crippen molar-refractivity contribution < 1.29 is 4.79 Å². The fraction of sp³-hybridized carbons (Fsp3) is 0.250. The zero-order valence-corrected chi connectivity index (χ0v) is 11.5. The first-order chi connectivity index (χ1) is 8.58. The number of nitrogens with one attached hydrogen (secondary N) is 1. The maximum absolute atomic E-state index is 12.1. The first-order valence-electron chi connectivity index (χ1n) is 5.45. The molecule has 4 nitrogen and oxygen atoms in total. The maximum atomic E-state index is 12.1. The van der Waals surface area contributed by atoms with Gasteiger partial charge in [0.25, 0.3) is 5.91 Å². The first kappa shape index (κ1) is 13.0. The summed E-state index contributed by atoms with van der Waals surface area (Å²) in [6.07, 6.45) is 3.24. The minimum atomic E-state index is -0.243. The first-order valence-corrected chi connectivity index (χ1v) is 6.65. The van der Waals surface area contributed by atoms with E-state index in [0.717, 1.165) is 4.88 Å². The monoisotopic (exact) mass is 281 g/mol. The second-order valence-corrected chi connectivity index (χ2v) is 5.64. The van der Waals surface area contributed by atoms with Crippen LogP contribution in [0.25, 0.3) is 0 Å². The molecule has 0 aromatic carbocycles. The van der Waals surface area contributed by atoms with E-state index in [9.17, 15) is 4.79 Å². The smallest absolute Gasteiger partial charge is 0.275 e. The molecule has 0 radical (unpaired) electrons. The summed E-state index contributed by atoms with van der Waals surface area (Å²) in [4.78, 5) is 21.0. The normalized spacial score (nSPS) is 10.7. The van der Waals surface area contributed by atoms with Crippen molar-refractivity contribution in [2.45, 2.75) is 19.8 Å². The van der Waals surface area contributed by atoms with E-state index in [1.807, 2.05) is 13.8 Å². The molecule has 0 bridgehead atoms. The van der Waals surface area contributed by atoms with E-state index < -0.39 is 0 Å². The number of nitrogens with zero attached hydrogens (tertiary/aromatic N) is 2. The van der Waals surface area contributed by atoms with Gasteiger partial charge in [0.15, 0.2) is 4.47 Å². The minimum Gasteiger partial charge on any atom is -0.321 e. The van der Waals surface area contributed by atoms with Gasteiger partial charge in [0.05, 0.1) is 0 Å². The lowest BCUT2D eigenvalue weighted by molar-refractivity contribution is 0.102. The van der Waals surface area contributed by atoms with Crippen LogP contribution in [0.3, 0.4) is 0 Å². The van der Waals surface area contributed by atoms with Crippen LogP contribution in [0, 0.1) is 0 Å². The van der Waals surface area contributed by atoms with E-state index in [1.165, 1.54) is 11.3 Å². The van der Waals surface area contributed by atoms with Crippen LogP contribution in [0.15, 0.2) is 24.5 Å². The van der Waals surface area contributed by atoms with Gasteiger partial charge in [-0.2, -0.15) is 0 Å². The van der Waals surface area contributed by atoms with E-state index in [-0.39, 0.29) is 11.8 Å². The molecule has 0 fully saturated rings. The molecular formula is C12H12ClN3OS. The van der Waals surface area contributed by atoms with Crippen molar-refractivity contribution in [1.29, 1.82) is 0 Å². The molecule has 0 spiro atoms. The summed E-state index contributed by atoms with van der Waals surface area (Å²) in [5.74, 6) is -0.0266. The lowest BCUT2D eigenvalue weighted by atomic mass is 10.1. The number of hydrogen-bond acceptors (Lipinski definition) is 4. The molecular weight excluding hydrogens is 270 g/mol. The van der Waals surface area contributed by atoms with Gasteiger partial charge in [-0.3, -0.25) is 9.78 Å². The van der Waals surface area contributed by atoms with Gasteiger partial charge in [-0.05, 0) is 18.1 Å². The Labute approximate surface area is 114 Å². The molecule has 0 saturated carbocycles. The van der Waals surface area contributed by atoms with E-state index in [0.29, 0.717) is 15.8 Å². The molecule has 18 heavy (non-hydrogen) atoms. The van der Waals surface area contributed by atoms with Gasteiger partial charge < -0.3 is 5.32 Å². The number of carbonyl (C=O) groups excluding carboxylic acids is 1. The highest BCUT2D eigenvalue weighted by Crippen LogP contribution is 2.29. The third-order valence-corrected chi connectivity index (χ3v) is 3.77. The van der Waals surface area contributed by atoms with Gasteiger partial charge in [0.1, 0.15) is 5.69 Å². The molecule has 2 heterocycles. The average molecular weight is 282 g/mol. The molecule has 1 N–H and O–H groups in total. The van der Waals surface area contributed by atoms with Crippen LogP contribution in [0.4, 0.5) is 5.69 Å². The zero-order valence-electron chi connectivity index (χ0n) is 9.98. The Bertz CT molecular complexity index is 554. The minimum absolute atomic E-state index is 0.216. The SMILES string of the molecule is CC(C)c1sc(Cl)nc1C(=O)Nc1ccncc1. The van der Waals surface area contributed by atoms with Gasteiger partial charge in [0, 0.05) is 23.0 Å². The number of hydrogen-bond donors (Lipinski definition) is 1. The highest BCUT2D eigenvalue weighted by Gasteiger charge is 2.19. The predicted octanol–water partition coefficient (Wildman–Crippen LogP) is 3.57. The van der Waals surface area contributed by atoms with Gasteiger partial charge >= 0.3 is 0 Å². The Balaban J connectivity index is 2.24. The Hall–Kier alpha value is -1.46. The molecule has 94 valence electrons. The molecule has 0 atom stereocenters. The van der Waals surface area contributed by atoms with Crippen LogP contribution >= 0.6 is 22.9 Å². The van der Waals surface area contributed by atoms with Crippen molar-refractivity contribution in [2.24, 2.45) is 0 Å². The molecule has 0 aliphatic rings. The zero-order chi connectivity index (χ0) is 13.1. The Morgan fingerprint density at radius 3 is 2.67 bits per heavy atom. The van der Waals surface area contributed by atoms with Crippen molar-refractivity contribution >= 4 is 34.5 Å². The fourth-order valence-electron chi connectivity index (χ4n) is 1.48. The molecule has 0 aliphatic heterocycles. The standard InChI is InChI=1S/C12H12ClN3OS/c1-7(2)10-9(16-12(13)18-10)11(17)15-8-3-5-14-6-4-8/h3-7H,1-2H3,(H,14,15,17). The van der Waals surface area contributed by atoms with Crippen molar-refractivity contribution in [2.75, 3.05) is 5.32 Å². The number of pyridine rings is 1. The van der Waals surface area contributed by atoms with Crippen LogP contribution in [0.2, 0.25) is 4.47 Å². The molecule has 2 aromatic rings. The number of thiazole rings is 1. The van der Waals surface area contributed by atoms with Crippen LogP contribution in [0.1, 0.15) is 35.1 Å². The van der Waals surface area contributed by atoms with Crippen LogP contribution in [-0.2, 0) is 0 Å². The molecule has 0 saturated heterocycles. The van der Waals surface area contributed by atoms with Crippen LogP contribution in [0.5, 0.6) is 0 Å². The summed E-state index contributed by atoms with van der Waals surface area (Å²) in [6.45, 7) is 4.01. The van der Waals surface area contributed by atoms with Gasteiger partial charge in [-0.1, -0.05) is 25.4 Å². The number of carbonyl (C=O) groups is 1. The van der Waals surface area contributed by atoms with Crippen LogP contribution < -0.4 is 5.32 Å². The summed E-state index contributed by atoms with van der Waals surface area (Å²) in [5, 5.41) is 2.77. The molecule has 1 amide bonds. The van der Waals surface area contributed by atoms with Crippen molar-refractivity contribution in [1.82, 2.24) is 9.97 Å². The van der Waals surface area contributed by atoms with E-state index in [1.54, 1.807) is 24.5 Å². The Kier molecular flexibility index (Phi) is 3.93. The largest absolute Gasteiger partial charge is 0.321 e. The lowest BCUT2D eigenvalue weighted by Crippen LogP contribution is -2.14. The molecule has 0 unspecified atom stereocenters. The summed E-state index contributed by atoms with van der Waals surface area (Å²) in [7, 11) is 0. The van der Waals surface area contributed by atoms with E-state index in [4.69, 9.17) is 11.6 Å². The topological polar surface area (TPSA) is 54.9 Å². The van der Waals surface area contributed by atoms with Gasteiger partial charge in [-0.25, -0.2) is 4.98 Å². The van der Waals surface area contributed by atoms with Crippen molar-refractivity contribution in [3.05, 3.63) is 39.6 Å². The predicted molar refractivity (Wildman–Crippen MR) is 73.4 cm³/mol. The van der Waals surface area contributed by atoms with E-state index in [2.05, 4.69) is 15.3 Å². The Morgan fingerprint density at radius 1 is 1.39 bits per heavy atom. The quantitative estimate of drug-likeness (QED) is 0.936. The molecule has 2 rings (SSSR count). The molecule has 2 aromatic heterocycles. The molecule has 0 aliphatic carbocycles. The number of rotatable bonds is 3. The van der Waals surface area contributed by atoms with E-state index >= 15 is 0 Å². The Morgan fingerprint density at radius 2 is 2.06 bits per heavy atom. The van der Waals surface area contributed by atoms with Crippen LogP contribution in [-0.4, -0.2) is 15.9 Å². The number of amides is 1. The van der Waals surface area contributed by atoms with Crippen molar-refractivity contribution in [3.8, 4) is 0 Å². The van der Waals surface area contributed by atoms with Crippen molar-refractivity contribution in [3.63, 3.8) is 0 Å². The number of anilines is 1. The van der Waals surface area contributed by atoms with Gasteiger partial charge in [-0.15, -0.1) is 11.3 Å². The summed E-state index contributed by atoms with van der Waals surface area (Å²) in [5.41, 5.74) is 1.09. The third-order valence-electron chi connectivity index (χ3n) is 2.30. The number of aromatic nitrogens is 2. The average Bonchev–Trinajstić information content (AvgIpc) is 2.73. The highest BCUT2D eigenvalue weighted by molar-refractivity contribution is 7.16. The summed E-state index contributed by atoms with van der Waals surface area (Å²) < 4.78 is 0.388. The number of halogens is 1. The summed E-state index contributed by atoms with van der Waals surface area (Å²) in [6, 6.07) is 3.45. The second-order valence-electron chi connectivity index (χ2n) is 4.02. The van der Waals surface area contributed by atoms with Gasteiger partial charge in [0.2, 0.25) is 0 Å². The third kappa shape index (κ3) is 2.86. The maximum Gasteiger partial charge on any atom is 0.275 e. The summed E-state index contributed by atoms with van der Waals surface area (Å²) >= 11 is 7.22. The highest BCUT2D eigenvalue weighted by atomic mass is 35.5.